The number of aliphatic carboxylic acids is 1. The molecule has 0 unspecified atom stereocenters. The van der Waals surface area contributed by atoms with E-state index < -0.39 is 5.97 Å². The Balaban J connectivity index is 2.62. The van der Waals surface area contributed by atoms with Gasteiger partial charge in [0.05, 0.1) is 6.42 Å². The molecule has 2 aromatic rings. The van der Waals surface area contributed by atoms with Gasteiger partial charge >= 0.3 is 5.97 Å². The van der Waals surface area contributed by atoms with E-state index in [4.69, 9.17) is 5.11 Å². The average molecular weight is 219 g/mol. The van der Waals surface area contributed by atoms with Gasteiger partial charge in [-0.3, -0.25) is 4.79 Å². The molecule has 0 spiro atoms. The molecule has 0 radical (unpaired) electrons. The standard InChI is InChI=1S/C11H13N3O2/c1-12-9-3-4-13-11-8(9)5-7(14(11)2)6-10(15)16/h3-5H,6H2,1-2H3,(H,12,13)(H,15,16). The molecule has 84 valence electrons. The van der Waals surface area contributed by atoms with E-state index >= 15 is 0 Å². The van der Waals surface area contributed by atoms with Gasteiger partial charge < -0.3 is 15.0 Å². The number of carbonyl (C=O) groups is 1. The van der Waals surface area contributed by atoms with Gasteiger partial charge in [-0.15, -0.1) is 0 Å². The maximum atomic E-state index is 10.7. The Labute approximate surface area is 92.7 Å². The molecule has 0 aliphatic carbocycles. The fourth-order valence-electron chi connectivity index (χ4n) is 1.81. The van der Waals surface area contributed by atoms with Crippen molar-refractivity contribution in [3.8, 4) is 0 Å². The zero-order chi connectivity index (χ0) is 11.7. The molecular formula is C11H13N3O2. The van der Waals surface area contributed by atoms with E-state index in [0.717, 1.165) is 22.4 Å². The Morgan fingerprint density at radius 2 is 2.38 bits per heavy atom. The van der Waals surface area contributed by atoms with E-state index in [2.05, 4.69) is 10.3 Å². The molecule has 2 N–H and O–H groups in total. The summed E-state index contributed by atoms with van der Waals surface area (Å²) in [6, 6.07) is 3.73. The number of carboxylic acid groups (broad SMARTS) is 1. The minimum absolute atomic E-state index is 0.00993. The zero-order valence-electron chi connectivity index (χ0n) is 9.19. The van der Waals surface area contributed by atoms with Crippen LogP contribution in [0.5, 0.6) is 0 Å². The first-order chi connectivity index (χ1) is 7.63. The van der Waals surface area contributed by atoms with E-state index in [0.29, 0.717) is 0 Å². The monoisotopic (exact) mass is 219 g/mol. The molecule has 16 heavy (non-hydrogen) atoms. The highest BCUT2D eigenvalue weighted by Gasteiger charge is 2.11. The third-order valence-corrected chi connectivity index (χ3v) is 2.63. The van der Waals surface area contributed by atoms with Crippen molar-refractivity contribution in [2.75, 3.05) is 12.4 Å². The number of anilines is 1. The number of pyridine rings is 1. The first-order valence-corrected chi connectivity index (χ1v) is 4.96. The molecular weight excluding hydrogens is 206 g/mol. The van der Waals surface area contributed by atoms with E-state index in [9.17, 15) is 4.79 Å². The van der Waals surface area contributed by atoms with Crippen LogP contribution >= 0.6 is 0 Å². The third-order valence-electron chi connectivity index (χ3n) is 2.63. The maximum absolute atomic E-state index is 10.7. The summed E-state index contributed by atoms with van der Waals surface area (Å²) in [5, 5.41) is 12.8. The van der Waals surface area contributed by atoms with E-state index in [-0.39, 0.29) is 6.42 Å². The van der Waals surface area contributed by atoms with Gasteiger partial charge in [0.2, 0.25) is 0 Å². The van der Waals surface area contributed by atoms with Crippen LogP contribution in [0.2, 0.25) is 0 Å². The molecule has 0 aromatic carbocycles. The Bertz CT molecular complexity index is 545. The number of carboxylic acids is 1. The van der Waals surface area contributed by atoms with Crippen LogP contribution in [-0.2, 0) is 18.3 Å². The summed E-state index contributed by atoms with van der Waals surface area (Å²) in [6.45, 7) is 0. The van der Waals surface area contributed by atoms with Crippen LogP contribution in [0.4, 0.5) is 5.69 Å². The highest BCUT2D eigenvalue weighted by atomic mass is 16.4. The molecule has 2 aromatic heterocycles. The predicted octanol–water partition coefficient (Wildman–Crippen LogP) is 1.24. The fourth-order valence-corrected chi connectivity index (χ4v) is 1.81. The molecule has 0 aliphatic heterocycles. The van der Waals surface area contributed by atoms with Crippen LogP contribution in [0.1, 0.15) is 5.69 Å². The molecule has 0 aliphatic rings. The number of hydrogen-bond donors (Lipinski definition) is 2. The second-order valence-corrected chi connectivity index (χ2v) is 3.61. The SMILES string of the molecule is CNc1ccnc2c1cc(CC(=O)O)n2C. The summed E-state index contributed by atoms with van der Waals surface area (Å²) in [5.41, 5.74) is 2.50. The summed E-state index contributed by atoms with van der Waals surface area (Å²) in [7, 11) is 3.66. The van der Waals surface area contributed by atoms with Crippen LogP contribution in [0.15, 0.2) is 18.3 Å². The predicted molar refractivity (Wildman–Crippen MR) is 61.6 cm³/mol. The zero-order valence-corrected chi connectivity index (χ0v) is 9.19. The highest BCUT2D eigenvalue weighted by Crippen LogP contribution is 2.24. The minimum atomic E-state index is -0.836. The number of nitrogens with one attached hydrogen (secondary N) is 1. The van der Waals surface area contributed by atoms with Crippen molar-refractivity contribution in [2.24, 2.45) is 7.05 Å². The normalized spacial score (nSPS) is 10.6. The fraction of sp³-hybridized carbons (Fsp3) is 0.273. The van der Waals surface area contributed by atoms with Gasteiger partial charge in [-0.25, -0.2) is 4.98 Å². The van der Waals surface area contributed by atoms with Crippen LogP contribution in [-0.4, -0.2) is 27.7 Å². The van der Waals surface area contributed by atoms with Crippen molar-refractivity contribution in [1.82, 2.24) is 9.55 Å². The summed E-state index contributed by atoms with van der Waals surface area (Å²) in [4.78, 5) is 15.0. The Hall–Kier alpha value is -2.04. The number of fused-ring (bicyclic) bond motifs is 1. The molecule has 0 atom stereocenters. The van der Waals surface area contributed by atoms with Crippen molar-refractivity contribution in [3.63, 3.8) is 0 Å². The maximum Gasteiger partial charge on any atom is 0.309 e. The van der Waals surface area contributed by atoms with Gasteiger partial charge in [-0.2, -0.15) is 0 Å². The van der Waals surface area contributed by atoms with Crippen molar-refractivity contribution in [2.45, 2.75) is 6.42 Å². The number of aromatic nitrogens is 2. The van der Waals surface area contributed by atoms with E-state index in [1.165, 1.54) is 0 Å². The molecule has 0 fully saturated rings. The van der Waals surface area contributed by atoms with Gasteiger partial charge in [0.1, 0.15) is 5.65 Å². The van der Waals surface area contributed by atoms with Crippen molar-refractivity contribution >= 4 is 22.7 Å². The van der Waals surface area contributed by atoms with Crippen molar-refractivity contribution in [3.05, 3.63) is 24.0 Å². The summed E-state index contributed by atoms with van der Waals surface area (Å²) in [6.07, 6.45) is 1.72. The van der Waals surface area contributed by atoms with Gasteiger partial charge in [0.15, 0.2) is 0 Å². The molecule has 2 rings (SSSR count). The largest absolute Gasteiger partial charge is 0.481 e. The number of rotatable bonds is 3. The molecule has 0 bridgehead atoms. The number of nitrogens with zero attached hydrogens (tertiary/aromatic N) is 2. The molecule has 0 saturated heterocycles. The topological polar surface area (TPSA) is 67.2 Å². The third kappa shape index (κ3) is 1.60. The van der Waals surface area contributed by atoms with Crippen LogP contribution in [0, 0.1) is 0 Å². The van der Waals surface area contributed by atoms with Gasteiger partial charge in [0.25, 0.3) is 0 Å². The van der Waals surface area contributed by atoms with Crippen LogP contribution < -0.4 is 5.32 Å². The minimum Gasteiger partial charge on any atom is -0.481 e. The van der Waals surface area contributed by atoms with Crippen LogP contribution in [0.25, 0.3) is 11.0 Å². The average Bonchev–Trinajstić information content (AvgIpc) is 2.55. The summed E-state index contributed by atoms with van der Waals surface area (Å²) in [5.74, 6) is -0.836. The highest BCUT2D eigenvalue weighted by molar-refractivity contribution is 5.91. The quantitative estimate of drug-likeness (QED) is 0.815. The second-order valence-electron chi connectivity index (χ2n) is 3.61. The first kappa shape index (κ1) is 10.5. The second kappa shape index (κ2) is 3.84. The molecule has 2 heterocycles. The smallest absolute Gasteiger partial charge is 0.309 e. The molecule has 0 saturated carbocycles. The van der Waals surface area contributed by atoms with Crippen molar-refractivity contribution < 1.29 is 9.90 Å². The lowest BCUT2D eigenvalue weighted by atomic mass is 10.2. The molecule has 5 nitrogen and oxygen atoms in total. The Morgan fingerprint density at radius 3 is 3.00 bits per heavy atom. The van der Waals surface area contributed by atoms with E-state index in [1.807, 2.05) is 30.8 Å². The Kier molecular flexibility index (Phi) is 2.52. The van der Waals surface area contributed by atoms with Crippen LogP contribution in [0.3, 0.4) is 0 Å². The van der Waals surface area contributed by atoms with Gasteiger partial charge in [-0.1, -0.05) is 0 Å². The first-order valence-electron chi connectivity index (χ1n) is 4.96. The van der Waals surface area contributed by atoms with Crippen molar-refractivity contribution in [1.29, 1.82) is 0 Å². The summed E-state index contributed by atoms with van der Waals surface area (Å²) < 4.78 is 1.81. The van der Waals surface area contributed by atoms with E-state index in [1.54, 1.807) is 6.20 Å². The summed E-state index contributed by atoms with van der Waals surface area (Å²) >= 11 is 0. The number of hydrogen-bond acceptors (Lipinski definition) is 3. The Morgan fingerprint density at radius 1 is 1.62 bits per heavy atom. The lowest BCUT2D eigenvalue weighted by Crippen LogP contribution is -2.05. The van der Waals surface area contributed by atoms with Gasteiger partial charge in [0, 0.05) is 37.1 Å². The van der Waals surface area contributed by atoms with Gasteiger partial charge in [-0.05, 0) is 12.1 Å². The lowest BCUT2D eigenvalue weighted by molar-refractivity contribution is -0.136. The number of aryl methyl sites for hydroxylation is 1. The molecule has 5 heteroatoms. The lowest BCUT2D eigenvalue weighted by Gasteiger charge is -2.02. The molecule has 0 amide bonds.